The van der Waals surface area contributed by atoms with Crippen molar-refractivity contribution in [3.05, 3.63) is 0 Å². The van der Waals surface area contributed by atoms with E-state index in [0.717, 1.165) is 0 Å². The van der Waals surface area contributed by atoms with E-state index >= 15 is 0 Å². The Morgan fingerprint density at radius 2 is 0.468 bits per heavy atom. The van der Waals surface area contributed by atoms with Gasteiger partial charge in [0, 0.05) is 46.3 Å². The molecule has 0 radical (unpaired) electrons. The molecule has 4 unspecified atom stereocenters. The highest BCUT2D eigenvalue weighted by atomic mass is 30.2. The smallest absolute Gasteiger partial charge is 0.0363 e. The largest absolute Gasteiger partial charge is 0.0536 e. The highest BCUT2D eigenvalue weighted by Crippen LogP contribution is 2.63. The molecule has 1 heterocycles. The minimum atomic E-state index is -1.25. The van der Waals surface area contributed by atoms with Crippen LogP contribution in [-0.2, 0) is 0 Å². The first-order valence-electron chi connectivity index (χ1n) is 23.4. The van der Waals surface area contributed by atoms with Gasteiger partial charge >= 0.3 is 0 Å². The Labute approximate surface area is 301 Å². The van der Waals surface area contributed by atoms with Crippen molar-refractivity contribution in [3.8, 4) is 0 Å². The maximum absolute atomic E-state index is 1.84. The van der Waals surface area contributed by atoms with E-state index in [-0.39, 0.29) is 0 Å². The average Bonchev–Trinajstić information content (AvgIpc) is 3.71. The first-order valence-corrected chi connectivity index (χ1v) is 43.1. The van der Waals surface area contributed by atoms with Gasteiger partial charge in [-0.2, -0.15) is 0 Å². The highest BCUT2D eigenvalue weighted by molar-refractivity contribution is 8.00. The van der Waals surface area contributed by atoms with Crippen LogP contribution in [0.15, 0.2) is 0 Å². The fraction of sp³-hybridized carbons (Fsp3) is 1.00. The van der Waals surface area contributed by atoms with Crippen molar-refractivity contribution >= 4 is 46.3 Å². The molecule has 268 valence electrons. The predicted molar refractivity (Wildman–Crippen MR) is 225 cm³/mol. The molecule has 7 saturated carbocycles. The summed E-state index contributed by atoms with van der Waals surface area (Å²) >= 11 is 0. The lowest BCUT2D eigenvalue weighted by atomic mass is 10.0. The molecule has 0 aromatic rings. The van der Waals surface area contributed by atoms with Crippen molar-refractivity contribution in [1.29, 1.82) is 0 Å². The maximum Gasteiger partial charge on any atom is 0.0363 e. The summed E-state index contributed by atoms with van der Waals surface area (Å²) < 4.78 is 0. The lowest BCUT2D eigenvalue weighted by Crippen LogP contribution is -2.89. The second kappa shape index (κ2) is 17.0. The number of rotatable bonds is 7. The van der Waals surface area contributed by atoms with Crippen LogP contribution in [0.3, 0.4) is 0 Å². The zero-order chi connectivity index (χ0) is 31.5. The van der Waals surface area contributed by atoms with E-state index in [2.05, 4.69) is 0 Å². The molecule has 0 spiro atoms. The first kappa shape index (κ1) is 35.3. The third-order valence-corrected chi connectivity index (χ3v) is 145. The summed E-state index contributed by atoms with van der Waals surface area (Å²) in [4.78, 5) is 0. The van der Waals surface area contributed by atoms with Crippen molar-refractivity contribution in [3.63, 3.8) is 0 Å². The van der Waals surface area contributed by atoms with Crippen LogP contribution in [-0.4, -0.2) is 46.3 Å². The van der Waals surface area contributed by atoms with Crippen LogP contribution < -0.4 is 0 Å². The Morgan fingerprint density at radius 1 is 0.234 bits per heavy atom. The first-order chi connectivity index (χ1) is 23.4. The summed E-state index contributed by atoms with van der Waals surface area (Å²) in [6.45, 7) is 0. The summed E-state index contributed by atoms with van der Waals surface area (Å²) in [5, 5.41) is 0. The SMILES string of the molecule is C1CCC([SiH]2[SiH](C3CCCCC3)[SiH](C3CCCCC3)[Si](C3CCCCC3)(C3CCCC3)[SiH](C3CCCCC3)[SiH]2C2CCCCC2)CC1. The summed E-state index contributed by atoms with van der Waals surface area (Å²) in [7, 11) is -4.45. The minimum absolute atomic E-state index is 0.585. The number of hydrogen-bond acceptors (Lipinski definition) is 0. The van der Waals surface area contributed by atoms with E-state index in [0.29, 0.717) is 0 Å². The minimum Gasteiger partial charge on any atom is -0.0536 e. The molecule has 1 saturated heterocycles. The van der Waals surface area contributed by atoms with Crippen molar-refractivity contribution in [2.75, 3.05) is 0 Å². The van der Waals surface area contributed by atoms with Crippen molar-refractivity contribution in [2.45, 2.75) is 257 Å². The van der Waals surface area contributed by atoms with Crippen molar-refractivity contribution in [1.82, 2.24) is 0 Å². The molecule has 0 aromatic carbocycles. The fourth-order valence-corrected chi connectivity index (χ4v) is 273. The van der Waals surface area contributed by atoms with Crippen LogP contribution >= 0.6 is 0 Å². The maximum atomic E-state index is 1.84. The van der Waals surface area contributed by atoms with Crippen LogP contribution in [0.2, 0.25) is 38.8 Å². The monoisotopic (exact) mass is 740 g/mol. The molecule has 7 aliphatic carbocycles. The Kier molecular flexibility index (Phi) is 12.8. The van der Waals surface area contributed by atoms with E-state index in [1.807, 2.05) is 89.9 Å². The molecule has 1 aliphatic heterocycles. The molecule has 6 heteroatoms. The molecule has 0 bridgehead atoms. The van der Waals surface area contributed by atoms with E-state index in [1.165, 1.54) is 38.8 Å². The van der Waals surface area contributed by atoms with Crippen LogP contribution in [0.4, 0.5) is 0 Å². The van der Waals surface area contributed by atoms with E-state index in [1.54, 1.807) is 128 Å². The summed E-state index contributed by atoms with van der Waals surface area (Å²) in [6, 6.07) is 0. The Bertz CT molecular complexity index is 884. The normalized spacial score (nSPS) is 41.0. The Balaban J connectivity index is 1.38. The second-order valence-corrected chi connectivity index (χ2v) is 75.1. The third kappa shape index (κ3) is 7.18. The van der Waals surface area contributed by atoms with Gasteiger partial charge in [-0.05, 0) is 11.1 Å². The summed E-state index contributed by atoms with van der Waals surface area (Å²) in [5.74, 6) is 0. The van der Waals surface area contributed by atoms with Gasteiger partial charge in [0.15, 0.2) is 0 Å². The summed E-state index contributed by atoms with van der Waals surface area (Å²) in [5.41, 5.74) is 10.1. The molecule has 0 nitrogen and oxygen atoms in total. The standard InChI is InChI=1S/C41H80Si6/c1-7-21-35(22-8-1)42-43(36-23-9-2-10-24-36)45(38-27-13-4-14-28-38)47(41-33-19-20-34-41,40-31-17-6-18-32-40)46(39-29-15-5-16-30-39)44(42)37-25-11-3-12-26-37/h35-46H,1-34H2. The molecule has 8 rings (SSSR count). The van der Waals surface area contributed by atoms with Gasteiger partial charge in [0.2, 0.25) is 0 Å². The van der Waals surface area contributed by atoms with Gasteiger partial charge in [-0.15, -0.1) is 0 Å². The van der Waals surface area contributed by atoms with Gasteiger partial charge in [-0.3, -0.25) is 0 Å². The second-order valence-electron chi connectivity index (χ2n) is 20.1. The molecule has 47 heavy (non-hydrogen) atoms. The topological polar surface area (TPSA) is 0 Å². The fourth-order valence-electron chi connectivity index (χ4n) is 16.9. The van der Waals surface area contributed by atoms with Crippen LogP contribution in [0.5, 0.6) is 0 Å². The summed E-state index contributed by atoms with van der Waals surface area (Å²) in [6.07, 6.45) is 59.3. The Morgan fingerprint density at radius 3 is 0.787 bits per heavy atom. The third-order valence-electron chi connectivity index (χ3n) is 18.1. The van der Waals surface area contributed by atoms with Crippen LogP contribution in [0.1, 0.15) is 218 Å². The molecule has 0 aromatic heterocycles. The lowest BCUT2D eigenvalue weighted by Gasteiger charge is -2.69. The van der Waals surface area contributed by atoms with Gasteiger partial charge in [0.25, 0.3) is 0 Å². The molecule has 4 atom stereocenters. The van der Waals surface area contributed by atoms with Crippen molar-refractivity contribution < 1.29 is 0 Å². The van der Waals surface area contributed by atoms with E-state index < -0.39 is 46.3 Å². The lowest BCUT2D eigenvalue weighted by molar-refractivity contribution is 0.479. The average molecular weight is 742 g/mol. The van der Waals surface area contributed by atoms with Gasteiger partial charge in [-0.25, -0.2) is 0 Å². The highest BCUT2D eigenvalue weighted by Gasteiger charge is 2.71. The molecule has 8 fully saturated rings. The predicted octanol–water partition coefficient (Wildman–Crippen LogP) is 12.0. The molecular formula is C41H80Si6. The Hall–Kier alpha value is 1.30. The van der Waals surface area contributed by atoms with Crippen LogP contribution in [0.25, 0.3) is 0 Å². The molecule has 8 aliphatic rings. The van der Waals surface area contributed by atoms with Gasteiger partial charge in [-0.1, -0.05) is 246 Å². The van der Waals surface area contributed by atoms with Gasteiger partial charge in [0.1, 0.15) is 0 Å². The number of hydrogen-bond donors (Lipinski definition) is 0. The zero-order valence-corrected chi connectivity index (χ0v) is 38.2. The van der Waals surface area contributed by atoms with E-state index in [9.17, 15) is 0 Å². The molecule has 0 amide bonds. The van der Waals surface area contributed by atoms with Gasteiger partial charge in [0.05, 0.1) is 0 Å². The quantitative estimate of drug-likeness (QED) is 0.228. The van der Waals surface area contributed by atoms with Crippen molar-refractivity contribution in [2.24, 2.45) is 0 Å². The van der Waals surface area contributed by atoms with Crippen LogP contribution in [0, 0.1) is 0 Å². The zero-order valence-electron chi connectivity index (χ0n) is 31.5. The molecule has 0 N–H and O–H groups in total. The molecular weight excluding hydrogens is 661 g/mol. The van der Waals surface area contributed by atoms with E-state index in [4.69, 9.17) is 0 Å². The van der Waals surface area contributed by atoms with Gasteiger partial charge < -0.3 is 0 Å².